The van der Waals surface area contributed by atoms with Crippen LogP contribution in [0.3, 0.4) is 0 Å². The molecular weight excluding hydrogens is 222 g/mol. The molecule has 0 aliphatic carbocycles. The zero-order valence-corrected chi connectivity index (χ0v) is 10.9. The number of hydrogen-bond donors (Lipinski definition) is 0. The lowest BCUT2D eigenvalue weighted by Crippen LogP contribution is -2.08. The van der Waals surface area contributed by atoms with Crippen molar-refractivity contribution in [2.75, 3.05) is 0 Å². The Labute approximate surface area is 102 Å². The zero-order chi connectivity index (χ0) is 13.6. The fourth-order valence-corrected chi connectivity index (χ4v) is 1.75. The van der Waals surface area contributed by atoms with E-state index in [1.54, 1.807) is 6.07 Å². The van der Waals surface area contributed by atoms with Gasteiger partial charge in [-0.05, 0) is 29.5 Å². The third kappa shape index (κ3) is 4.25. The van der Waals surface area contributed by atoms with Gasteiger partial charge in [-0.3, -0.25) is 0 Å². The minimum absolute atomic E-state index is 0.115. The summed E-state index contributed by atoms with van der Waals surface area (Å²) in [6, 6.07) is 5.00. The number of alkyl halides is 2. The van der Waals surface area contributed by atoms with Crippen LogP contribution in [0.5, 0.6) is 0 Å². The molecule has 0 saturated carbocycles. The van der Waals surface area contributed by atoms with Gasteiger partial charge in [0.15, 0.2) is 0 Å². The lowest BCUT2D eigenvalue weighted by molar-refractivity contribution is -0.0980. The molecule has 3 heteroatoms. The summed E-state index contributed by atoms with van der Waals surface area (Å²) in [6.45, 7) is 9.10. The van der Waals surface area contributed by atoms with Gasteiger partial charge in [-0.1, -0.05) is 32.9 Å². The molecule has 17 heavy (non-hydrogen) atoms. The van der Waals surface area contributed by atoms with Gasteiger partial charge < -0.3 is 4.79 Å². The summed E-state index contributed by atoms with van der Waals surface area (Å²) in [7, 11) is 0. The van der Waals surface area contributed by atoms with Gasteiger partial charge in [0, 0.05) is 12.5 Å². The second-order valence-electron chi connectivity index (χ2n) is 4.31. The van der Waals surface area contributed by atoms with Crippen LogP contribution >= 0.6 is 0 Å². The molecule has 0 spiro atoms. The van der Waals surface area contributed by atoms with Crippen LogP contribution in [0.1, 0.15) is 50.3 Å². The molecule has 1 nitrogen and oxygen atoms in total. The Morgan fingerprint density at radius 2 is 1.82 bits per heavy atom. The molecule has 0 N–H and O–H groups in total. The summed E-state index contributed by atoms with van der Waals surface area (Å²) < 4.78 is 26.2. The van der Waals surface area contributed by atoms with Crippen molar-refractivity contribution in [3.63, 3.8) is 0 Å². The molecule has 0 aromatic heterocycles. The first-order valence-electron chi connectivity index (χ1n) is 5.66. The fourth-order valence-electron chi connectivity index (χ4n) is 1.75. The number of halogens is 2. The maximum atomic E-state index is 13.1. The van der Waals surface area contributed by atoms with E-state index in [0.717, 1.165) is 18.9 Å². The fraction of sp³-hybridized carbons (Fsp3) is 0.500. The maximum Gasteiger partial charge on any atom is 0.270 e. The number of aryl methyl sites for hydroxylation is 1. The highest BCUT2D eigenvalue weighted by Gasteiger charge is 2.24. The molecule has 0 saturated heterocycles. The molecule has 0 aliphatic rings. The van der Waals surface area contributed by atoms with Crippen molar-refractivity contribution in [3.8, 4) is 0 Å². The van der Waals surface area contributed by atoms with E-state index in [1.807, 2.05) is 19.8 Å². The largest absolute Gasteiger partial charge is 0.307 e. The average molecular weight is 242 g/mol. The molecule has 1 aromatic carbocycles. The molecule has 0 unspecified atom stereocenters. The Bertz CT molecular complexity index is 354. The van der Waals surface area contributed by atoms with Crippen molar-refractivity contribution >= 4 is 6.79 Å². The Kier molecular flexibility index (Phi) is 6.00. The van der Waals surface area contributed by atoms with Crippen LogP contribution in [-0.2, 0) is 17.1 Å². The standard InChI is InChI=1S/C13H18F2.CH2O/c1-5-10-8-11(13(4,14)15)6-7-12(10)9(2)3;1-2/h6-9H,5H2,1-4H3;1H2. The van der Waals surface area contributed by atoms with E-state index in [1.165, 1.54) is 11.6 Å². The van der Waals surface area contributed by atoms with Crippen molar-refractivity contribution in [1.29, 1.82) is 0 Å². The summed E-state index contributed by atoms with van der Waals surface area (Å²) in [5.41, 5.74) is 2.32. The third-order valence-corrected chi connectivity index (χ3v) is 2.65. The minimum atomic E-state index is -2.74. The van der Waals surface area contributed by atoms with E-state index in [2.05, 4.69) is 13.8 Å². The van der Waals surface area contributed by atoms with E-state index in [9.17, 15) is 8.78 Å². The number of benzene rings is 1. The van der Waals surface area contributed by atoms with Crippen molar-refractivity contribution in [2.45, 2.75) is 46.0 Å². The van der Waals surface area contributed by atoms with Gasteiger partial charge in [0.05, 0.1) is 0 Å². The Morgan fingerprint density at radius 3 is 2.18 bits per heavy atom. The molecule has 1 aromatic rings. The van der Waals surface area contributed by atoms with Gasteiger partial charge in [0.25, 0.3) is 5.92 Å². The first-order chi connectivity index (χ1) is 7.86. The van der Waals surface area contributed by atoms with Crippen molar-refractivity contribution in [1.82, 2.24) is 0 Å². The number of carbonyl (C=O) groups is 1. The minimum Gasteiger partial charge on any atom is -0.307 e. The summed E-state index contributed by atoms with van der Waals surface area (Å²) in [5.74, 6) is -2.35. The van der Waals surface area contributed by atoms with Crippen LogP contribution in [-0.4, -0.2) is 6.79 Å². The Morgan fingerprint density at radius 1 is 1.29 bits per heavy atom. The second-order valence-corrected chi connectivity index (χ2v) is 4.31. The molecule has 0 heterocycles. The molecule has 1 rings (SSSR count). The molecule has 0 aliphatic heterocycles. The molecule has 0 radical (unpaired) electrons. The van der Waals surface area contributed by atoms with E-state index < -0.39 is 5.92 Å². The highest BCUT2D eigenvalue weighted by molar-refractivity contribution is 5.35. The van der Waals surface area contributed by atoms with Crippen molar-refractivity contribution in [3.05, 3.63) is 34.9 Å². The molecular formula is C14H20F2O. The van der Waals surface area contributed by atoms with E-state index in [-0.39, 0.29) is 5.56 Å². The smallest absolute Gasteiger partial charge is 0.270 e. The maximum absolute atomic E-state index is 13.1. The topological polar surface area (TPSA) is 17.1 Å². The first kappa shape index (κ1) is 15.8. The lowest BCUT2D eigenvalue weighted by Gasteiger charge is -2.16. The van der Waals surface area contributed by atoms with Gasteiger partial charge in [0.2, 0.25) is 0 Å². The van der Waals surface area contributed by atoms with Gasteiger partial charge in [-0.25, -0.2) is 8.78 Å². The van der Waals surface area contributed by atoms with Crippen LogP contribution in [0.25, 0.3) is 0 Å². The van der Waals surface area contributed by atoms with Crippen LogP contribution < -0.4 is 0 Å². The number of carbonyl (C=O) groups excluding carboxylic acids is 1. The number of rotatable bonds is 3. The highest BCUT2D eigenvalue weighted by atomic mass is 19.3. The first-order valence-corrected chi connectivity index (χ1v) is 5.66. The quantitative estimate of drug-likeness (QED) is 0.772. The van der Waals surface area contributed by atoms with E-state index in [4.69, 9.17) is 4.79 Å². The monoisotopic (exact) mass is 242 g/mol. The zero-order valence-electron chi connectivity index (χ0n) is 10.9. The normalized spacial score (nSPS) is 11.0. The van der Waals surface area contributed by atoms with Gasteiger partial charge in [-0.2, -0.15) is 0 Å². The molecule has 96 valence electrons. The Hall–Kier alpha value is -1.25. The predicted molar refractivity (Wildman–Crippen MR) is 66.6 cm³/mol. The highest BCUT2D eigenvalue weighted by Crippen LogP contribution is 2.30. The molecule has 0 fully saturated rings. The van der Waals surface area contributed by atoms with Crippen molar-refractivity contribution in [2.24, 2.45) is 0 Å². The summed E-state index contributed by atoms with van der Waals surface area (Å²) >= 11 is 0. The van der Waals surface area contributed by atoms with Gasteiger partial charge in [0.1, 0.15) is 6.79 Å². The Balaban J connectivity index is 0.00000121. The second kappa shape index (κ2) is 6.48. The molecule has 0 atom stereocenters. The van der Waals surface area contributed by atoms with Gasteiger partial charge in [-0.15, -0.1) is 0 Å². The average Bonchev–Trinajstić information content (AvgIpc) is 2.29. The molecule has 0 amide bonds. The van der Waals surface area contributed by atoms with Crippen LogP contribution in [0.2, 0.25) is 0 Å². The number of hydrogen-bond acceptors (Lipinski definition) is 1. The predicted octanol–water partition coefficient (Wildman–Crippen LogP) is 4.30. The van der Waals surface area contributed by atoms with E-state index >= 15 is 0 Å². The van der Waals surface area contributed by atoms with E-state index in [0.29, 0.717) is 5.92 Å². The van der Waals surface area contributed by atoms with Crippen LogP contribution in [0.15, 0.2) is 18.2 Å². The van der Waals surface area contributed by atoms with Gasteiger partial charge >= 0.3 is 0 Å². The molecule has 0 bridgehead atoms. The SMILES string of the molecule is C=O.CCc1cc(C(C)(F)F)ccc1C(C)C. The van der Waals surface area contributed by atoms with Crippen molar-refractivity contribution < 1.29 is 13.6 Å². The summed E-state index contributed by atoms with van der Waals surface area (Å²) in [4.78, 5) is 8.00. The van der Waals surface area contributed by atoms with Crippen LogP contribution in [0.4, 0.5) is 8.78 Å². The van der Waals surface area contributed by atoms with Crippen LogP contribution in [0, 0.1) is 0 Å². The third-order valence-electron chi connectivity index (χ3n) is 2.65. The summed E-state index contributed by atoms with van der Waals surface area (Å²) in [5, 5.41) is 0. The summed E-state index contributed by atoms with van der Waals surface area (Å²) in [6.07, 6.45) is 0.803. The lowest BCUT2D eigenvalue weighted by atomic mass is 9.93.